The predicted molar refractivity (Wildman–Crippen MR) is 128 cm³/mol. The number of carbonyl (C=O) groups excluding carboxylic acids is 1. The van der Waals surface area contributed by atoms with Gasteiger partial charge >= 0.3 is 0 Å². The van der Waals surface area contributed by atoms with Crippen molar-refractivity contribution in [2.45, 2.75) is 77.4 Å². The number of hydrogen-bond acceptors (Lipinski definition) is 7. The van der Waals surface area contributed by atoms with Crippen LogP contribution in [0.25, 0.3) is 0 Å². The number of aryl methyl sites for hydroxylation is 1. The molecule has 7 heteroatoms. The number of carbonyl (C=O) groups is 1. The minimum atomic E-state index is -0.314. The first-order valence-electron chi connectivity index (χ1n) is 11.9. The van der Waals surface area contributed by atoms with Gasteiger partial charge in [-0.05, 0) is 54.2 Å². The number of nitriles is 1. The number of benzene rings is 1. The average molecular weight is 448 g/mol. The molecule has 0 bridgehead atoms. The SMILES string of the molecule is CCc1ccc2c(c1)C(CCNc1ncc(C#N)c(N[C@@H]3CC[C@H](O)C(C)(C)C3)n1)C(=O)C2. The second kappa shape index (κ2) is 9.48. The molecule has 3 atom stereocenters. The third-order valence-corrected chi connectivity index (χ3v) is 7.18. The van der Waals surface area contributed by atoms with Crippen molar-refractivity contribution in [3.63, 3.8) is 0 Å². The number of rotatable bonds is 7. The quantitative estimate of drug-likeness (QED) is 0.589. The lowest BCUT2D eigenvalue weighted by Gasteiger charge is -2.40. The van der Waals surface area contributed by atoms with E-state index in [4.69, 9.17) is 0 Å². The average Bonchev–Trinajstić information content (AvgIpc) is 3.10. The molecule has 7 nitrogen and oxygen atoms in total. The number of aliphatic hydroxyl groups excluding tert-OH is 1. The Morgan fingerprint density at radius 1 is 1.30 bits per heavy atom. The zero-order chi connectivity index (χ0) is 23.6. The van der Waals surface area contributed by atoms with Crippen LogP contribution in [0.4, 0.5) is 11.8 Å². The largest absolute Gasteiger partial charge is 0.393 e. The predicted octanol–water partition coefficient (Wildman–Crippen LogP) is 3.97. The van der Waals surface area contributed by atoms with Gasteiger partial charge in [-0.1, -0.05) is 39.0 Å². The van der Waals surface area contributed by atoms with E-state index in [-0.39, 0.29) is 29.3 Å². The summed E-state index contributed by atoms with van der Waals surface area (Å²) in [6, 6.07) is 8.67. The molecule has 0 spiro atoms. The number of anilines is 2. The molecule has 1 unspecified atom stereocenters. The Kier molecular flexibility index (Phi) is 6.66. The van der Waals surface area contributed by atoms with Gasteiger partial charge in [-0.15, -0.1) is 0 Å². The molecule has 1 fully saturated rings. The van der Waals surface area contributed by atoms with Crippen molar-refractivity contribution in [2.75, 3.05) is 17.2 Å². The van der Waals surface area contributed by atoms with E-state index in [1.54, 1.807) is 0 Å². The minimum absolute atomic E-state index is 0.0918. The van der Waals surface area contributed by atoms with Crippen LogP contribution < -0.4 is 10.6 Å². The number of hydrogen-bond donors (Lipinski definition) is 3. The number of nitrogens with zero attached hydrogens (tertiary/aromatic N) is 3. The Labute approximate surface area is 195 Å². The number of Topliss-reactive ketones (excluding diaryl/α,β-unsaturated/α-hetero) is 1. The Morgan fingerprint density at radius 2 is 2.12 bits per heavy atom. The molecule has 2 aliphatic carbocycles. The number of aromatic nitrogens is 2. The van der Waals surface area contributed by atoms with Crippen molar-refractivity contribution < 1.29 is 9.90 Å². The van der Waals surface area contributed by atoms with E-state index < -0.39 is 0 Å². The van der Waals surface area contributed by atoms with Crippen LogP contribution in [0.1, 0.15) is 74.6 Å². The van der Waals surface area contributed by atoms with Crippen LogP contribution in [0.3, 0.4) is 0 Å². The first kappa shape index (κ1) is 23.2. The van der Waals surface area contributed by atoms with Crippen LogP contribution in [0.5, 0.6) is 0 Å². The molecule has 4 rings (SSSR count). The summed E-state index contributed by atoms with van der Waals surface area (Å²) in [7, 11) is 0. The molecule has 1 saturated carbocycles. The minimum Gasteiger partial charge on any atom is -0.393 e. The summed E-state index contributed by atoms with van der Waals surface area (Å²) < 4.78 is 0. The fourth-order valence-corrected chi connectivity index (χ4v) is 5.08. The van der Waals surface area contributed by atoms with Crippen LogP contribution >= 0.6 is 0 Å². The molecule has 0 radical (unpaired) electrons. The molecular formula is C26H33N5O2. The van der Waals surface area contributed by atoms with Crippen LogP contribution in [0.2, 0.25) is 0 Å². The zero-order valence-corrected chi connectivity index (χ0v) is 19.7. The van der Waals surface area contributed by atoms with Crippen LogP contribution in [0.15, 0.2) is 24.4 Å². The molecule has 0 saturated heterocycles. The molecule has 2 aromatic rings. The third-order valence-electron chi connectivity index (χ3n) is 7.18. The number of nitrogens with one attached hydrogen (secondary N) is 2. The van der Waals surface area contributed by atoms with Gasteiger partial charge in [0, 0.05) is 24.9 Å². The summed E-state index contributed by atoms with van der Waals surface area (Å²) in [6.07, 6.45) is 5.71. The van der Waals surface area contributed by atoms with Crippen molar-refractivity contribution in [3.05, 3.63) is 46.6 Å². The smallest absolute Gasteiger partial charge is 0.224 e. The lowest BCUT2D eigenvalue weighted by molar-refractivity contribution is -0.119. The van der Waals surface area contributed by atoms with Gasteiger partial charge < -0.3 is 15.7 Å². The van der Waals surface area contributed by atoms with E-state index >= 15 is 0 Å². The van der Waals surface area contributed by atoms with Crippen LogP contribution in [-0.4, -0.2) is 39.5 Å². The standard InChI is InChI=1S/C26H33N5O2/c1-4-16-5-6-17-12-22(32)20(21(17)11-16)9-10-28-25-29-15-18(14-27)24(31-25)30-19-7-8-23(33)26(2,3)13-19/h5-6,11,15,19-20,23,33H,4,7-10,12-13H2,1-3H3,(H2,28,29,30,31)/t19-,20?,23+/m1/s1. The topological polar surface area (TPSA) is 111 Å². The summed E-state index contributed by atoms with van der Waals surface area (Å²) in [6.45, 7) is 6.82. The maximum atomic E-state index is 12.6. The molecule has 1 heterocycles. The zero-order valence-electron chi connectivity index (χ0n) is 19.7. The highest BCUT2D eigenvalue weighted by Gasteiger charge is 2.36. The highest BCUT2D eigenvalue weighted by molar-refractivity contribution is 5.92. The monoisotopic (exact) mass is 447 g/mol. The number of aliphatic hydroxyl groups is 1. The summed E-state index contributed by atoms with van der Waals surface area (Å²) in [5.41, 5.74) is 3.77. The second-order valence-corrected chi connectivity index (χ2v) is 9.99. The molecule has 2 aliphatic rings. The van der Waals surface area contributed by atoms with Crippen molar-refractivity contribution in [1.29, 1.82) is 5.26 Å². The lowest BCUT2D eigenvalue weighted by atomic mass is 9.73. The first-order valence-corrected chi connectivity index (χ1v) is 11.9. The first-order chi connectivity index (χ1) is 15.8. The van der Waals surface area contributed by atoms with Crippen molar-refractivity contribution >= 4 is 17.5 Å². The maximum absolute atomic E-state index is 12.6. The van der Waals surface area contributed by atoms with Gasteiger partial charge in [0.15, 0.2) is 0 Å². The van der Waals surface area contributed by atoms with E-state index in [0.29, 0.717) is 36.7 Å². The summed E-state index contributed by atoms with van der Waals surface area (Å²) in [5, 5.41) is 26.4. The second-order valence-electron chi connectivity index (χ2n) is 9.99. The number of fused-ring (bicyclic) bond motifs is 1. The normalized spacial score (nSPS) is 23.6. The van der Waals surface area contributed by atoms with Crippen LogP contribution in [0, 0.1) is 16.7 Å². The van der Waals surface area contributed by atoms with Crippen molar-refractivity contribution in [3.8, 4) is 6.07 Å². The van der Waals surface area contributed by atoms with E-state index in [2.05, 4.69) is 65.6 Å². The fourth-order valence-electron chi connectivity index (χ4n) is 5.08. The van der Waals surface area contributed by atoms with Gasteiger partial charge in [0.25, 0.3) is 0 Å². The third kappa shape index (κ3) is 5.01. The molecule has 0 amide bonds. The Bertz CT molecular complexity index is 1070. The Morgan fingerprint density at radius 3 is 2.85 bits per heavy atom. The van der Waals surface area contributed by atoms with Crippen molar-refractivity contribution in [1.82, 2.24) is 9.97 Å². The van der Waals surface area contributed by atoms with Crippen molar-refractivity contribution in [2.24, 2.45) is 5.41 Å². The van der Waals surface area contributed by atoms with E-state index in [1.165, 1.54) is 11.8 Å². The van der Waals surface area contributed by atoms with E-state index in [0.717, 1.165) is 36.8 Å². The molecule has 174 valence electrons. The molecule has 1 aromatic carbocycles. The fraction of sp³-hybridized carbons (Fsp3) is 0.538. The maximum Gasteiger partial charge on any atom is 0.224 e. The molecule has 33 heavy (non-hydrogen) atoms. The lowest BCUT2D eigenvalue weighted by Crippen LogP contribution is -2.41. The highest BCUT2D eigenvalue weighted by atomic mass is 16.3. The van der Waals surface area contributed by atoms with Gasteiger partial charge in [0.1, 0.15) is 23.2 Å². The van der Waals surface area contributed by atoms with Gasteiger partial charge in [0.2, 0.25) is 5.95 Å². The summed E-state index contributed by atoms with van der Waals surface area (Å²) >= 11 is 0. The Hall–Kier alpha value is -2.98. The Balaban J connectivity index is 1.41. The number of ketones is 1. The van der Waals surface area contributed by atoms with Crippen LogP contribution in [-0.2, 0) is 17.6 Å². The molecule has 3 N–H and O–H groups in total. The van der Waals surface area contributed by atoms with Gasteiger partial charge in [0.05, 0.1) is 12.3 Å². The van der Waals surface area contributed by atoms with Gasteiger partial charge in [-0.3, -0.25) is 4.79 Å². The summed E-state index contributed by atoms with van der Waals surface area (Å²) in [5.74, 6) is 1.14. The van der Waals surface area contributed by atoms with Gasteiger partial charge in [-0.2, -0.15) is 10.2 Å². The summed E-state index contributed by atoms with van der Waals surface area (Å²) in [4.78, 5) is 21.4. The highest BCUT2D eigenvalue weighted by Crippen LogP contribution is 2.37. The van der Waals surface area contributed by atoms with Gasteiger partial charge in [-0.25, -0.2) is 4.98 Å². The van der Waals surface area contributed by atoms with E-state index in [1.807, 2.05) is 0 Å². The molecule has 1 aromatic heterocycles. The molecule has 0 aliphatic heterocycles. The van der Waals surface area contributed by atoms with E-state index in [9.17, 15) is 15.2 Å². The molecular weight excluding hydrogens is 414 g/mol.